The van der Waals surface area contributed by atoms with Gasteiger partial charge in [-0.05, 0) is 30.2 Å². The lowest BCUT2D eigenvalue weighted by Crippen LogP contribution is -2.32. The second-order valence-corrected chi connectivity index (χ2v) is 5.49. The molecule has 0 aromatic heterocycles. The number of nitrogens with one attached hydrogen (secondary N) is 2. The highest BCUT2D eigenvalue weighted by atomic mass is 19.1. The molecule has 0 saturated heterocycles. The van der Waals surface area contributed by atoms with Crippen LogP contribution in [0.2, 0.25) is 0 Å². The van der Waals surface area contributed by atoms with Crippen LogP contribution in [0.3, 0.4) is 0 Å². The van der Waals surface area contributed by atoms with E-state index in [-0.39, 0.29) is 24.7 Å². The van der Waals surface area contributed by atoms with Crippen molar-refractivity contribution in [3.05, 3.63) is 65.5 Å². The molecule has 0 saturated carbocycles. The molecule has 0 aliphatic rings. The molecule has 0 fully saturated rings. The van der Waals surface area contributed by atoms with Gasteiger partial charge in [0.15, 0.2) is 0 Å². The van der Waals surface area contributed by atoms with E-state index in [1.807, 2.05) is 24.3 Å². The number of amides is 2. The molecular formula is C19H21FN2O3. The highest BCUT2D eigenvalue weighted by Crippen LogP contribution is 2.11. The largest absolute Gasteiger partial charge is 0.497 e. The van der Waals surface area contributed by atoms with E-state index in [2.05, 4.69) is 10.6 Å². The summed E-state index contributed by atoms with van der Waals surface area (Å²) >= 11 is 0. The average molecular weight is 344 g/mol. The Kier molecular flexibility index (Phi) is 6.95. The molecule has 2 N–H and O–H groups in total. The molecule has 5 nitrogen and oxygen atoms in total. The van der Waals surface area contributed by atoms with Crippen molar-refractivity contribution in [3.63, 3.8) is 0 Å². The first-order valence-electron chi connectivity index (χ1n) is 7.98. The Morgan fingerprint density at radius 1 is 1.00 bits per heavy atom. The Hall–Kier alpha value is -2.89. The summed E-state index contributed by atoms with van der Waals surface area (Å²) in [6.07, 6.45) is 0.379. The monoisotopic (exact) mass is 344 g/mol. The van der Waals surface area contributed by atoms with Crippen molar-refractivity contribution in [3.8, 4) is 5.75 Å². The van der Waals surface area contributed by atoms with Crippen LogP contribution in [0.4, 0.5) is 4.39 Å². The van der Waals surface area contributed by atoms with Crippen molar-refractivity contribution in [2.75, 3.05) is 13.7 Å². The highest BCUT2D eigenvalue weighted by Gasteiger charge is 2.09. The van der Waals surface area contributed by atoms with Crippen molar-refractivity contribution in [2.45, 2.75) is 19.4 Å². The van der Waals surface area contributed by atoms with Gasteiger partial charge in [0.25, 0.3) is 0 Å². The number of halogens is 1. The van der Waals surface area contributed by atoms with Crippen LogP contribution in [-0.2, 0) is 22.6 Å². The molecule has 2 amide bonds. The molecule has 0 spiro atoms. The lowest BCUT2D eigenvalue weighted by atomic mass is 10.1. The minimum absolute atomic E-state index is 0.0602. The third kappa shape index (κ3) is 6.25. The zero-order valence-corrected chi connectivity index (χ0v) is 14.0. The van der Waals surface area contributed by atoms with Gasteiger partial charge in [0.1, 0.15) is 18.0 Å². The molecule has 0 radical (unpaired) electrons. The molecule has 25 heavy (non-hydrogen) atoms. The lowest BCUT2D eigenvalue weighted by molar-refractivity contribution is -0.129. The maximum atomic E-state index is 13.4. The van der Waals surface area contributed by atoms with E-state index in [1.54, 1.807) is 25.3 Å². The Morgan fingerprint density at radius 2 is 1.68 bits per heavy atom. The lowest BCUT2D eigenvalue weighted by Gasteiger charge is -2.08. The summed E-state index contributed by atoms with van der Waals surface area (Å²) in [4.78, 5) is 23.5. The van der Waals surface area contributed by atoms with E-state index in [4.69, 9.17) is 4.74 Å². The number of hydrogen-bond donors (Lipinski definition) is 2. The molecular weight excluding hydrogens is 323 g/mol. The van der Waals surface area contributed by atoms with E-state index in [0.29, 0.717) is 18.5 Å². The first kappa shape index (κ1) is 18.4. The molecule has 0 bridgehead atoms. The number of hydrogen-bond acceptors (Lipinski definition) is 3. The standard InChI is InChI=1S/C19H21FN2O3/c1-25-16-8-6-14(7-9-16)10-11-21-18(23)12-19(24)22-13-15-4-2-3-5-17(15)20/h2-9H,10-13H2,1H3,(H,21,23)(H,22,24). The summed E-state index contributed by atoms with van der Waals surface area (Å²) in [5, 5.41) is 5.23. The van der Waals surface area contributed by atoms with Gasteiger partial charge in [-0.1, -0.05) is 30.3 Å². The Bertz CT molecular complexity index is 717. The number of rotatable bonds is 8. The van der Waals surface area contributed by atoms with Crippen LogP contribution in [0.1, 0.15) is 17.5 Å². The van der Waals surface area contributed by atoms with Gasteiger partial charge in [0.05, 0.1) is 7.11 Å². The van der Waals surface area contributed by atoms with Crippen molar-refractivity contribution >= 4 is 11.8 Å². The van der Waals surface area contributed by atoms with E-state index in [9.17, 15) is 14.0 Å². The molecule has 132 valence electrons. The molecule has 0 aliphatic heterocycles. The normalized spacial score (nSPS) is 10.2. The fourth-order valence-corrected chi connectivity index (χ4v) is 2.24. The van der Waals surface area contributed by atoms with Gasteiger partial charge in [-0.25, -0.2) is 4.39 Å². The van der Waals surface area contributed by atoms with Crippen LogP contribution in [0, 0.1) is 5.82 Å². The summed E-state index contributed by atoms with van der Waals surface area (Å²) in [6.45, 7) is 0.496. The van der Waals surface area contributed by atoms with Crippen LogP contribution in [0.5, 0.6) is 5.75 Å². The molecule has 2 aromatic carbocycles. The summed E-state index contributed by atoms with van der Waals surface area (Å²) < 4.78 is 18.5. The zero-order chi connectivity index (χ0) is 18.1. The van der Waals surface area contributed by atoms with Gasteiger partial charge in [-0.15, -0.1) is 0 Å². The Morgan fingerprint density at radius 3 is 2.36 bits per heavy atom. The highest BCUT2D eigenvalue weighted by molar-refractivity contribution is 5.96. The summed E-state index contributed by atoms with van der Waals surface area (Å²) in [5.41, 5.74) is 1.45. The van der Waals surface area contributed by atoms with Gasteiger partial charge in [0.2, 0.25) is 11.8 Å². The van der Waals surface area contributed by atoms with Crippen LogP contribution in [0.15, 0.2) is 48.5 Å². The maximum absolute atomic E-state index is 13.4. The van der Waals surface area contributed by atoms with E-state index < -0.39 is 5.91 Å². The summed E-state index contributed by atoms with van der Waals surface area (Å²) in [5.74, 6) is -0.407. The number of methoxy groups -OCH3 is 1. The fourth-order valence-electron chi connectivity index (χ4n) is 2.24. The predicted octanol–water partition coefficient (Wildman–Crippen LogP) is 2.20. The third-order valence-electron chi connectivity index (χ3n) is 3.65. The van der Waals surface area contributed by atoms with Gasteiger partial charge in [0, 0.05) is 18.7 Å². The molecule has 2 rings (SSSR count). The zero-order valence-electron chi connectivity index (χ0n) is 14.0. The topological polar surface area (TPSA) is 67.4 Å². The van der Waals surface area contributed by atoms with Crippen molar-refractivity contribution < 1.29 is 18.7 Å². The van der Waals surface area contributed by atoms with E-state index in [0.717, 1.165) is 11.3 Å². The molecule has 6 heteroatoms. The Labute approximate surface area is 146 Å². The van der Waals surface area contributed by atoms with Gasteiger partial charge in [-0.3, -0.25) is 9.59 Å². The van der Waals surface area contributed by atoms with E-state index in [1.165, 1.54) is 6.07 Å². The van der Waals surface area contributed by atoms with Crippen LogP contribution < -0.4 is 15.4 Å². The number of carbonyl (C=O) groups excluding carboxylic acids is 2. The fraction of sp³-hybridized carbons (Fsp3) is 0.263. The maximum Gasteiger partial charge on any atom is 0.229 e. The minimum Gasteiger partial charge on any atom is -0.497 e. The van der Waals surface area contributed by atoms with Gasteiger partial charge >= 0.3 is 0 Å². The first-order valence-corrected chi connectivity index (χ1v) is 7.98. The quantitative estimate of drug-likeness (QED) is 0.722. The van der Waals surface area contributed by atoms with E-state index >= 15 is 0 Å². The van der Waals surface area contributed by atoms with Crippen LogP contribution >= 0.6 is 0 Å². The second-order valence-electron chi connectivity index (χ2n) is 5.49. The van der Waals surface area contributed by atoms with Gasteiger partial charge in [-0.2, -0.15) is 0 Å². The molecule has 2 aromatic rings. The predicted molar refractivity (Wildman–Crippen MR) is 92.6 cm³/mol. The Balaban J connectivity index is 1.67. The van der Waals surface area contributed by atoms with Crippen molar-refractivity contribution in [1.82, 2.24) is 10.6 Å². The van der Waals surface area contributed by atoms with Crippen molar-refractivity contribution in [2.24, 2.45) is 0 Å². The number of benzene rings is 2. The second kappa shape index (κ2) is 9.42. The van der Waals surface area contributed by atoms with Crippen LogP contribution in [0.25, 0.3) is 0 Å². The van der Waals surface area contributed by atoms with Crippen molar-refractivity contribution in [1.29, 1.82) is 0 Å². The average Bonchev–Trinajstić information content (AvgIpc) is 2.61. The summed E-state index contributed by atoms with van der Waals surface area (Å²) in [7, 11) is 1.60. The van der Waals surface area contributed by atoms with Crippen LogP contribution in [-0.4, -0.2) is 25.5 Å². The molecule has 0 unspecified atom stereocenters. The number of ether oxygens (including phenoxy) is 1. The molecule has 0 heterocycles. The summed E-state index contributed by atoms with van der Waals surface area (Å²) in [6, 6.07) is 13.7. The minimum atomic E-state index is -0.440. The molecule has 0 aliphatic carbocycles. The molecule has 0 atom stereocenters. The smallest absolute Gasteiger partial charge is 0.229 e. The number of carbonyl (C=O) groups is 2. The van der Waals surface area contributed by atoms with Gasteiger partial charge < -0.3 is 15.4 Å². The SMILES string of the molecule is COc1ccc(CCNC(=O)CC(=O)NCc2ccccc2F)cc1. The third-order valence-corrected chi connectivity index (χ3v) is 3.65. The first-order chi connectivity index (χ1) is 12.1.